The normalized spacial score (nSPS) is 12.4. The molecule has 0 spiro atoms. The van der Waals surface area contributed by atoms with Crippen molar-refractivity contribution in [3.05, 3.63) is 35.9 Å². The summed E-state index contributed by atoms with van der Waals surface area (Å²) in [4.78, 5) is 11.8. The van der Waals surface area contributed by atoms with Crippen molar-refractivity contribution in [1.82, 2.24) is 10.6 Å². The van der Waals surface area contributed by atoms with Gasteiger partial charge in [-0.05, 0) is 18.4 Å². The summed E-state index contributed by atoms with van der Waals surface area (Å²) in [6.45, 7) is 4.31. The highest BCUT2D eigenvalue weighted by Crippen LogP contribution is 2.10. The fourth-order valence-electron chi connectivity index (χ4n) is 1.96. The maximum atomic E-state index is 11.8. The number of nitrogens with one attached hydrogen (secondary N) is 2. The minimum Gasteiger partial charge on any atom is -0.394 e. The van der Waals surface area contributed by atoms with E-state index in [2.05, 4.69) is 24.5 Å². The summed E-state index contributed by atoms with van der Waals surface area (Å²) < 4.78 is 0. The predicted octanol–water partition coefficient (Wildman–Crippen LogP) is 1.61. The van der Waals surface area contributed by atoms with Crippen LogP contribution in [0.3, 0.4) is 0 Å². The van der Waals surface area contributed by atoms with E-state index in [0.29, 0.717) is 0 Å². The summed E-state index contributed by atoms with van der Waals surface area (Å²) in [5.41, 5.74) is 0.986. The van der Waals surface area contributed by atoms with E-state index in [-0.39, 0.29) is 31.1 Å². The van der Waals surface area contributed by atoms with Gasteiger partial charge >= 0.3 is 0 Å². The van der Waals surface area contributed by atoms with Crippen LogP contribution < -0.4 is 10.6 Å². The molecule has 0 bridgehead atoms. The third-order valence-corrected chi connectivity index (χ3v) is 3.24. The van der Waals surface area contributed by atoms with E-state index in [1.807, 2.05) is 30.3 Å². The predicted molar refractivity (Wildman–Crippen MR) is 76.8 cm³/mol. The van der Waals surface area contributed by atoms with Crippen molar-refractivity contribution in [1.29, 1.82) is 0 Å². The minimum atomic E-state index is -0.200. The molecule has 106 valence electrons. The number of carbonyl (C=O) groups is 1. The molecule has 0 fully saturated rings. The van der Waals surface area contributed by atoms with E-state index in [1.54, 1.807) is 0 Å². The summed E-state index contributed by atoms with van der Waals surface area (Å²) in [5.74, 6) is -0.0249. The Morgan fingerprint density at radius 2 is 1.84 bits per heavy atom. The van der Waals surface area contributed by atoms with Crippen LogP contribution in [0.1, 0.15) is 38.3 Å². The number of amides is 1. The number of aliphatic hydroxyl groups excluding tert-OH is 1. The molecule has 0 radical (unpaired) electrons. The first kappa shape index (κ1) is 15.7. The Morgan fingerprint density at radius 1 is 1.21 bits per heavy atom. The molecule has 1 unspecified atom stereocenters. The van der Waals surface area contributed by atoms with Crippen LogP contribution in [0.15, 0.2) is 30.3 Å². The first-order valence-electron chi connectivity index (χ1n) is 6.89. The quantitative estimate of drug-likeness (QED) is 0.668. The van der Waals surface area contributed by atoms with E-state index in [4.69, 9.17) is 0 Å². The molecule has 1 rings (SSSR count). The summed E-state index contributed by atoms with van der Waals surface area (Å²) in [7, 11) is 0. The molecule has 1 aromatic rings. The van der Waals surface area contributed by atoms with E-state index >= 15 is 0 Å². The van der Waals surface area contributed by atoms with Gasteiger partial charge in [-0.15, -0.1) is 0 Å². The van der Waals surface area contributed by atoms with Crippen LogP contribution in [0, 0.1) is 0 Å². The SMILES string of the molecule is CCC(CC)NC(=O)CNC(CO)c1ccccc1. The van der Waals surface area contributed by atoms with Crippen molar-refractivity contribution in [2.75, 3.05) is 13.2 Å². The fourth-order valence-corrected chi connectivity index (χ4v) is 1.96. The third kappa shape index (κ3) is 5.41. The Balaban J connectivity index is 2.43. The smallest absolute Gasteiger partial charge is 0.234 e. The molecule has 1 amide bonds. The van der Waals surface area contributed by atoms with Gasteiger partial charge in [0.05, 0.1) is 19.2 Å². The van der Waals surface area contributed by atoms with Gasteiger partial charge in [0.15, 0.2) is 0 Å². The van der Waals surface area contributed by atoms with E-state index in [1.165, 1.54) is 0 Å². The highest BCUT2D eigenvalue weighted by atomic mass is 16.3. The van der Waals surface area contributed by atoms with Gasteiger partial charge in [0.1, 0.15) is 0 Å². The second kappa shape index (κ2) is 8.67. The Morgan fingerprint density at radius 3 is 2.37 bits per heavy atom. The lowest BCUT2D eigenvalue weighted by Gasteiger charge is -2.19. The van der Waals surface area contributed by atoms with Gasteiger partial charge in [0.25, 0.3) is 0 Å². The Bertz CT molecular complexity index is 364. The van der Waals surface area contributed by atoms with Crippen molar-refractivity contribution in [3.63, 3.8) is 0 Å². The summed E-state index contributed by atoms with van der Waals surface area (Å²) in [6, 6.07) is 9.68. The molecule has 4 nitrogen and oxygen atoms in total. The Labute approximate surface area is 115 Å². The second-order valence-electron chi connectivity index (χ2n) is 4.61. The van der Waals surface area contributed by atoms with Crippen LogP contribution in [0.25, 0.3) is 0 Å². The molecule has 1 aromatic carbocycles. The molecule has 0 aliphatic rings. The molecule has 3 N–H and O–H groups in total. The van der Waals surface area contributed by atoms with Crippen LogP contribution in [-0.4, -0.2) is 30.2 Å². The average molecular weight is 264 g/mol. The summed E-state index contributed by atoms with van der Waals surface area (Å²) in [5, 5.41) is 15.4. The zero-order valence-corrected chi connectivity index (χ0v) is 11.7. The number of aliphatic hydroxyl groups is 1. The number of hydrogen-bond donors (Lipinski definition) is 3. The second-order valence-corrected chi connectivity index (χ2v) is 4.61. The van der Waals surface area contributed by atoms with Gasteiger partial charge in [-0.3, -0.25) is 10.1 Å². The van der Waals surface area contributed by atoms with E-state index < -0.39 is 0 Å². The van der Waals surface area contributed by atoms with Crippen LogP contribution in [-0.2, 0) is 4.79 Å². The summed E-state index contributed by atoms with van der Waals surface area (Å²) >= 11 is 0. The molecule has 0 aliphatic carbocycles. The molecule has 19 heavy (non-hydrogen) atoms. The number of benzene rings is 1. The zero-order chi connectivity index (χ0) is 14.1. The standard InChI is InChI=1S/C15H24N2O2/c1-3-13(4-2)17-15(19)10-16-14(11-18)12-8-6-5-7-9-12/h5-9,13-14,16,18H,3-4,10-11H2,1-2H3,(H,17,19). The molecule has 0 aliphatic heterocycles. The van der Waals surface area contributed by atoms with Crippen molar-refractivity contribution >= 4 is 5.91 Å². The monoisotopic (exact) mass is 264 g/mol. The van der Waals surface area contributed by atoms with Crippen molar-refractivity contribution in [2.24, 2.45) is 0 Å². The van der Waals surface area contributed by atoms with Crippen LogP contribution in [0.2, 0.25) is 0 Å². The molecule has 0 heterocycles. The van der Waals surface area contributed by atoms with Crippen LogP contribution >= 0.6 is 0 Å². The van der Waals surface area contributed by atoms with Crippen molar-refractivity contribution in [3.8, 4) is 0 Å². The molecular weight excluding hydrogens is 240 g/mol. The van der Waals surface area contributed by atoms with Crippen LogP contribution in [0.4, 0.5) is 0 Å². The van der Waals surface area contributed by atoms with Crippen molar-refractivity contribution < 1.29 is 9.90 Å². The third-order valence-electron chi connectivity index (χ3n) is 3.24. The highest BCUT2D eigenvalue weighted by Gasteiger charge is 2.12. The van der Waals surface area contributed by atoms with Gasteiger partial charge < -0.3 is 10.4 Å². The van der Waals surface area contributed by atoms with Gasteiger partial charge in [-0.1, -0.05) is 44.2 Å². The number of carbonyl (C=O) groups excluding carboxylic acids is 1. The highest BCUT2D eigenvalue weighted by molar-refractivity contribution is 5.78. The Hall–Kier alpha value is -1.39. The first-order valence-corrected chi connectivity index (χ1v) is 6.89. The van der Waals surface area contributed by atoms with Crippen molar-refractivity contribution in [2.45, 2.75) is 38.8 Å². The molecule has 1 atom stereocenters. The van der Waals surface area contributed by atoms with Gasteiger partial charge in [0.2, 0.25) is 5.91 Å². The number of rotatable bonds is 8. The van der Waals surface area contributed by atoms with E-state index in [0.717, 1.165) is 18.4 Å². The maximum Gasteiger partial charge on any atom is 0.234 e. The zero-order valence-electron chi connectivity index (χ0n) is 11.7. The number of hydrogen-bond acceptors (Lipinski definition) is 3. The molecule has 0 saturated carbocycles. The Kier molecular flexibility index (Phi) is 7.15. The average Bonchev–Trinajstić information content (AvgIpc) is 2.46. The molecule has 0 saturated heterocycles. The largest absolute Gasteiger partial charge is 0.394 e. The molecular formula is C15H24N2O2. The minimum absolute atomic E-state index is 0.0249. The molecule has 4 heteroatoms. The van der Waals surface area contributed by atoms with E-state index in [9.17, 15) is 9.90 Å². The topological polar surface area (TPSA) is 61.4 Å². The lowest BCUT2D eigenvalue weighted by atomic mass is 10.1. The first-order chi connectivity index (χ1) is 9.21. The fraction of sp³-hybridized carbons (Fsp3) is 0.533. The lowest BCUT2D eigenvalue weighted by molar-refractivity contribution is -0.121. The van der Waals surface area contributed by atoms with Gasteiger partial charge in [0, 0.05) is 6.04 Å². The van der Waals surface area contributed by atoms with Gasteiger partial charge in [-0.25, -0.2) is 0 Å². The lowest BCUT2D eigenvalue weighted by Crippen LogP contribution is -2.41. The molecule has 0 aromatic heterocycles. The van der Waals surface area contributed by atoms with Crippen LogP contribution in [0.5, 0.6) is 0 Å². The maximum absolute atomic E-state index is 11.8. The van der Waals surface area contributed by atoms with Gasteiger partial charge in [-0.2, -0.15) is 0 Å². The summed E-state index contributed by atoms with van der Waals surface area (Å²) in [6.07, 6.45) is 1.87.